The molecule has 0 bridgehead atoms. The molecule has 0 amide bonds. The van der Waals surface area contributed by atoms with Crippen LogP contribution in [0.15, 0.2) is 60.7 Å². The highest BCUT2D eigenvalue weighted by molar-refractivity contribution is 5.22. The van der Waals surface area contributed by atoms with Gasteiger partial charge in [0.2, 0.25) is 0 Å². The molecule has 2 rings (SSSR count). The van der Waals surface area contributed by atoms with Gasteiger partial charge in [-0.1, -0.05) is 60.7 Å². The third-order valence-electron chi connectivity index (χ3n) is 3.73. The summed E-state index contributed by atoms with van der Waals surface area (Å²) in [5.74, 6) is 0. The maximum Gasteiger partial charge on any atom is 0.0924 e. The molecular weight excluding hydrogens is 260 g/mol. The van der Waals surface area contributed by atoms with Crippen LogP contribution in [0.25, 0.3) is 0 Å². The first-order valence-electron chi connectivity index (χ1n) is 7.43. The van der Waals surface area contributed by atoms with Crippen LogP contribution < -0.4 is 11.5 Å². The van der Waals surface area contributed by atoms with Crippen molar-refractivity contribution in [2.45, 2.75) is 37.5 Å². The minimum Gasteiger partial charge on any atom is -0.393 e. The fourth-order valence-electron chi connectivity index (χ4n) is 2.54. The highest BCUT2D eigenvalue weighted by Gasteiger charge is 2.25. The molecule has 0 heterocycles. The summed E-state index contributed by atoms with van der Waals surface area (Å²) in [5.41, 5.74) is 13.4. The Morgan fingerprint density at radius 3 is 2.10 bits per heavy atom. The average Bonchev–Trinajstić information content (AvgIpc) is 2.49. The lowest BCUT2D eigenvalue weighted by molar-refractivity contribution is 0.121. The molecule has 0 saturated carbocycles. The van der Waals surface area contributed by atoms with Gasteiger partial charge in [-0.05, 0) is 30.4 Å². The molecule has 0 aliphatic carbocycles. The summed E-state index contributed by atoms with van der Waals surface area (Å²) in [4.78, 5) is 0. The Kier molecular flexibility index (Phi) is 5.51. The SMILES string of the molecule is NC(N)(CC(O)CCCc1ccccc1)c1ccccc1. The molecule has 0 saturated heterocycles. The molecule has 0 spiro atoms. The van der Waals surface area contributed by atoms with Gasteiger partial charge in [0.15, 0.2) is 0 Å². The Bertz CT molecular complexity index is 525. The van der Waals surface area contributed by atoms with Gasteiger partial charge in [-0.25, -0.2) is 0 Å². The van der Waals surface area contributed by atoms with Crippen LogP contribution >= 0.6 is 0 Å². The summed E-state index contributed by atoms with van der Waals surface area (Å²) in [6, 6.07) is 19.8. The van der Waals surface area contributed by atoms with Crippen LogP contribution in [0.2, 0.25) is 0 Å². The predicted octanol–water partition coefficient (Wildman–Crippen LogP) is 2.53. The fraction of sp³-hybridized carbons (Fsp3) is 0.333. The van der Waals surface area contributed by atoms with E-state index < -0.39 is 11.8 Å². The van der Waals surface area contributed by atoms with Crippen molar-refractivity contribution in [2.24, 2.45) is 11.5 Å². The van der Waals surface area contributed by atoms with Crippen molar-refractivity contribution in [3.05, 3.63) is 71.8 Å². The minimum atomic E-state index is -0.979. The van der Waals surface area contributed by atoms with E-state index in [0.29, 0.717) is 12.8 Å². The van der Waals surface area contributed by atoms with Crippen molar-refractivity contribution in [1.29, 1.82) is 0 Å². The van der Waals surface area contributed by atoms with E-state index in [0.717, 1.165) is 18.4 Å². The smallest absolute Gasteiger partial charge is 0.0924 e. The summed E-state index contributed by atoms with van der Waals surface area (Å²) in [5, 5.41) is 10.2. The number of nitrogens with two attached hydrogens (primary N) is 2. The fourth-order valence-corrected chi connectivity index (χ4v) is 2.54. The zero-order chi connectivity index (χ0) is 15.1. The first-order valence-corrected chi connectivity index (χ1v) is 7.43. The molecule has 2 aromatic rings. The van der Waals surface area contributed by atoms with Crippen molar-refractivity contribution < 1.29 is 5.11 Å². The number of benzene rings is 2. The minimum absolute atomic E-state index is 0.367. The molecule has 0 aliphatic heterocycles. The summed E-state index contributed by atoms with van der Waals surface area (Å²) in [7, 11) is 0. The number of rotatable bonds is 7. The molecule has 0 radical (unpaired) electrons. The quantitative estimate of drug-likeness (QED) is 0.684. The van der Waals surface area contributed by atoms with E-state index in [1.165, 1.54) is 5.56 Å². The second kappa shape index (κ2) is 7.36. The van der Waals surface area contributed by atoms with Gasteiger partial charge in [0.1, 0.15) is 0 Å². The monoisotopic (exact) mass is 284 g/mol. The Labute approximate surface area is 126 Å². The number of aliphatic hydroxyl groups is 1. The molecule has 3 heteroatoms. The van der Waals surface area contributed by atoms with Crippen LogP contribution in [0.1, 0.15) is 30.4 Å². The van der Waals surface area contributed by atoms with E-state index in [-0.39, 0.29) is 0 Å². The van der Waals surface area contributed by atoms with Gasteiger partial charge in [-0.3, -0.25) is 0 Å². The van der Waals surface area contributed by atoms with Gasteiger partial charge in [0, 0.05) is 6.42 Å². The number of hydrogen-bond donors (Lipinski definition) is 3. The number of aliphatic hydroxyl groups excluding tert-OH is 1. The van der Waals surface area contributed by atoms with Crippen LogP contribution in [0.4, 0.5) is 0 Å². The van der Waals surface area contributed by atoms with Crippen LogP contribution in [0, 0.1) is 0 Å². The molecular formula is C18H24N2O. The Morgan fingerprint density at radius 2 is 1.48 bits per heavy atom. The van der Waals surface area contributed by atoms with E-state index >= 15 is 0 Å². The summed E-state index contributed by atoms with van der Waals surface area (Å²) >= 11 is 0. The maximum absolute atomic E-state index is 10.2. The molecule has 21 heavy (non-hydrogen) atoms. The third kappa shape index (κ3) is 4.97. The standard InChI is InChI=1S/C18H24N2O/c19-18(20,16-11-5-2-6-12-16)14-17(21)13-7-10-15-8-3-1-4-9-15/h1-6,8-9,11-12,17,21H,7,10,13-14,19-20H2. The van der Waals surface area contributed by atoms with Crippen molar-refractivity contribution in [3.63, 3.8) is 0 Å². The van der Waals surface area contributed by atoms with Crippen molar-refractivity contribution in [1.82, 2.24) is 0 Å². The molecule has 112 valence electrons. The zero-order valence-corrected chi connectivity index (χ0v) is 12.3. The van der Waals surface area contributed by atoms with Gasteiger partial charge >= 0.3 is 0 Å². The number of hydrogen-bond acceptors (Lipinski definition) is 3. The van der Waals surface area contributed by atoms with E-state index in [1.54, 1.807) is 0 Å². The lowest BCUT2D eigenvalue weighted by atomic mass is 9.92. The normalized spacial score (nSPS) is 13.1. The highest BCUT2D eigenvalue weighted by atomic mass is 16.3. The molecule has 5 N–H and O–H groups in total. The van der Waals surface area contributed by atoms with Crippen molar-refractivity contribution >= 4 is 0 Å². The van der Waals surface area contributed by atoms with Gasteiger partial charge < -0.3 is 16.6 Å². The zero-order valence-electron chi connectivity index (χ0n) is 12.3. The molecule has 0 fully saturated rings. The molecule has 2 aromatic carbocycles. The predicted molar refractivity (Wildman–Crippen MR) is 86.5 cm³/mol. The third-order valence-corrected chi connectivity index (χ3v) is 3.73. The largest absolute Gasteiger partial charge is 0.393 e. The maximum atomic E-state index is 10.2. The van der Waals surface area contributed by atoms with Crippen molar-refractivity contribution in [3.8, 4) is 0 Å². The lowest BCUT2D eigenvalue weighted by Gasteiger charge is -2.27. The first-order chi connectivity index (χ1) is 10.1. The molecule has 1 unspecified atom stereocenters. The topological polar surface area (TPSA) is 72.3 Å². The molecule has 1 atom stereocenters. The van der Waals surface area contributed by atoms with Crippen LogP contribution in [0.5, 0.6) is 0 Å². The first kappa shape index (κ1) is 15.7. The summed E-state index contributed by atoms with van der Waals surface area (Å²) < 4.78 is 0. The molecule has 0 aliphatic rings. The van der Waals surface area contributed by atoms with Gasteiger partial charge in [0.05, 0.1) is 11.8 Å². The van der Waals surface area contributed by atoms with Gasteiger partial charge in [0.25, 0.3) is 0 Å². The van der Waals surface area contributed by atoms with Crippen LogP contribution in [0.3, 0.4) is 0 Å². The molecule has 0 aromatic heterocycles. The average molecular weight is 284 g/mol. The lowest BCUT2D eigenvalue weighted by Crippen LogP contribution is -2.48. The Hall–Kier alpha value is -1.68. The van der Waals surface area contributed by atoms with Gasteiger partial charge in [-0.2, -0.15) is 0 Å². The summed E-state index contributed by atoms with van der Waals surface area (Å²) in [6.07, 6.45) is 2.48. The Balaban J connectivity index is 1.80. The summed E-state index contributed by atoms with van der Waals surface area (Å²) in [6.45, 7) is 0. The van der Waals surface area contributed by atoms with E-state index in [2.05, 4.69) is 12.1 Å². The Morgan fingerprint density at radius 1 is 0.905 bits per heavy atom. The van der Waals surface area contributed by atoms with E-state index in [1.807, 2.05) is 48.5 Å². The van der Waals surface area contributed by atoms with E-state index in [9.17, 15) is 5.11 Å². The highest BCUT2D eigenvalue weighted by Crippen LogP contribution is 2.20. The van der Waals surface area contributed by atoms with Crippen LogP contribution in [-0.4, -0.2) is 11.2 Å². The van der Waals surface area contributed by atoms with Crippen LogP contribution in [-0.2, 0) is 12.1 Å². The van der Waals surface area contributed by atoms with Gasteiger partial charge in [-0.15, -0.1) is 0 Å². The number of aryl methyl sites for hydroxylation is 1. The molecule has 3 nitrogen and oxygen atoms in total. The second-order valence-corrected chi connectivity index (χ2v) is 5.64. The second-order valence-electron chi connectivity index (χ2n) is 5.64. The van der Waals surface area contributed by atoms with Crippen molar-refractivity contribution in [2.75, 3.05) is 0 Å². The van der Waals surface area contributed by atoms with E-state index in [4.69, 9.17) is 11.5 Å².